The summed E-state index contributed by atoms with van der Waals surface area (Å²) in [5, 5.41) is 2.27. The summed E-state index contributed by atoms with van der Waals surface area (Å²) in [5.41, 5.74) is 2.78. The van der Waals surface area contributed by atoms with E-state index in [0.29, 0.717) is 12.8 Å². The molecule has 0 spiro atoms. The molecular formula is C17H16N2O. The van der Waals surface area contributed by atoms with Crippen molar-refractivity contribution >= 4 is 16.6 Å². The first-order valence-corrected chi connectivity index (χ1v) is 6.75. The van der Waals surface area contributed by atoms with Crippen LogP contribution in [0.4, 0.5) is 0 Å². The normalized spacial score (nSPS) is 10.8. The summed E-state index contributed by atoms with van der Waals surface area (Å²) < 4.78 is 0. The minimum absolute atomic E-state index is 0.165. The fourth-order valence-electron chi connectivity index (χ4n) is 2.38. The van der Waals surface area contributed by atoms with Gasteiger partial charge in [0.15, 0.2) is 5.78 Å². The second-order valence-corrected chi connectivity index (χ2v) is 4.96. The summed E-state index contributed by atoms with van der Waals surface area (Å²) in [4.78, 5) is 19.5. The number of benzene rings is 2. The molecule has 3 heteroatoms. The highest BCUT2D eigenvalue weighted by Crippen LogP contribution is 2.17. The maximum Gasteiger partial charge on any atom is 0.163 e. The predicted octanol–water partition coefficient (Wildman–Crippen LogP) is 3.69. The average Bonchev–Trinajstić information content (AvgIpc) is 2.89. The summed E-state index contributed by atoms with van der Waals surface area (Å²) in [6.45, 7) is 1.98. The van der Waals surface area contributed by atoms with Crippen molar-refractivity contribution in [1.82, 2.24) is 9.97 Å². The van der Waals surface area contributed by atoms with Crippen molar-refractivity contribution in [3.8, 4) is 0 Å². The number of ketones is 1. The van der Waals surface area contributed by atoms with Gasteiger partial charge in [-0.25, -0.2) is 4.98 Å². The molecule has 0 amide bonds. The van der Waals surface area contributed by atoms with Gasteiger partial charge in [0.1, 0.15) is 0 Å². The van der Waals surface area contributed by atoms with Crippen molar-refractivity contribution in [2.75, 3.05) is 0 Å². The zero-order valence-electron chi connectivity index (χ0n) is 11.4. The van der Waals surface area contributed by atoms with E-state index in [2.05, 4.69) is 16.0 Å². The summed E-state index contributed by atoms with van der Waals surface area (Å²) >= 11 is 0. The van der Waals surface area contributed by atoms with Crippen molar-refractivity contribution in [2.24, 2.45) is 0 Å². The molecule has 0 saturated heterocycles. The Morgan fingerprint density at radius 3 is 2.70 bits per heavy atom. The van der Waals surface area contributed by atoms with Crippen LogP contribution >= 0.6 is 0 Å². The molecule has 100 valence electrons. The minimum atomic E-state index is 0.165. The number of rotatable bonds is 4. The number of hydrogen-bond donors (Lipinski definition) is 1. The SMILES string of the molecule is Cc1[nH]cnc1CCC(=O)c1ccc2ccccc2c1. The molecule has 3 aromatic rings. The molecule has 3 rings (SSSR count). The number of Topliss-reactive ketones (excluding diaryl/α,β-unsaturated/α-hetero) is 1. The van der Waals surface area contributed by atoms with E-state index in [1.54, 1.807) is 6.33 Å². The molecule has 0 fully saturated rings. The Morgan fingerprint density at radius 1 is 1.15 bits per heavy atom. The fourth-order valence-corrected chi connectivity index (χ4v) is 2.38. The van der Waals surface area contributed by atoms with Crippen LogP contribution in [-0.2, 0) is 6.42 Å². The smallest absolute Gasteiger partial charge is 0.163 e. The monoisotopic (exact) mass is 264 g/mol. The van der Waals surface area contributed by atoms with E-state index in [9.17, 15) is 4.79 Å². The van der Waals surface area contributed by atoms with Crippen molar-refractivity contribution < 1.29 is 4.79 Å². The first-order valence-electron chi connectivity index (χ1n) is 6.75. The Balaban J connectivity index is 1.77. The van der Waals surface area contributed by atoms with E-state index >= 15 is 0 Å². The lowest BCUT2D eigenvalue weighted by molar-refractivity contribution is 0.0982. The number of hydrogen-bond acceptors (Lipinski definition) is 2. The van der Waals surface area contributed by atoms with Crippen LogP contribution in [0.5, 0.6) is 0 Å². The molecule has 0 aliphatic rings. The maximum atomic E-state index is 12.3. The Bertz CT molecular complexity index is 758. The van der Waals surface area contributed by atoms with Gasteiger partial charge in [-0.05, 0) is 30.2 Å². The lowest BCUT2D eigenvalue weighted by Crippen LogP contribution is -2.02. The van der Waals surface area contributed by atoms with E-state index < -0.39 is 0 Å². The van der Waals surface area contributed by atoms with E-state index in [4.69, 9.17) is 0 Å². The van der Waals surface area contributed by atoms with Crippen molar-refractivity contribution in [2.45, 2.75) is 19.8 Å². The second-order valence-electron chi connectivity index (χ2n) is 4.96. The van der Waals surface area contributed by atoms with Gasteiger partial charge < -0.3 is 4.98 Å². The number of H-pyrrole nitrogens is 1. The van der Waals surface area contributed by atoms with Gasteiger partial charge in [-0.1, -0.05) is 36.4 Å². The molecule has 0 bridgehead atoms. The van der Waals surface area contributed by atoms with Gasteiger partial charge in [0, 0.05) is 17.7 Å². The van der Waals surface area contributed by atoms with Crippen LogP contribution in [0.1, 0.15) is 28.2 Å². The van der Waals surface area contributed by atoms with Gasteiger partial charge in [-0.3, -0.25) is 4.79 Å². The molecule has 2 aromatic carbocycles. The van der Waals surface area contributed by atoms with E-state index in [1.807, 2.05) is 43.3 Å². The van der Waals surface area contributed by atoms with Gasteiger partial charge in [-0.15, -0.1) is 0 Å². The van der Waals surface area contributed by atoms with Crippen LogP contribution in [0.3, 0.4) is 0 Å². The molecule has 0 atom stereocenters. The molecule has 20 heavy (non-hydrogen) atoms. The van der Waals surface area contributed by atoms with Crippen LogP contribution in [0.15, 0.2) is 48.8 Å². The van der Waals surface area contributed by atoms with E-state index in [0.717, 1.165) is 27.7 Å². The van der Waals surface area contributed by atoms with Gasteiger partial charge in [-0.2, -0.15) is 0 Å². The number of fused-ring (bicyclic) bond motifs is 1. The third-order valence-electron chi connectivity index (χ3n) is 3.59. The van der Waals surface area contributed by atoms with E-state index in [-0.39, 0.29) is 5.78 Å². The minimum Gasteiger partial charge on any atom is -0.348 e. The van der Waals surface area contributed by atoms with Crippen LogP contribution in [0.2, 0.25) is 0 Å². The van der Waals surface area contributed by atoms with Crippen molar-refractivity contribution in [3.05, 3.63) is 65.7 Å². The van der Waals surface area contributed by atoms with Gasteiger partial charge in [0.25, 0.3) is 0 Å². The number of imidazole rings is 1. The lowest BCUT2D eigenvalue weighted by Gasteiger charge is -2.03. The third kappa shape index (κ3) is 2.48. The Hall–Kier alpha value is -2.42. The molecule has 1 aromatic heterocycles. The van der Waals surface area contributed by atoms with Crippen molar-refractivity contribution in [1.29, 1.82) is 0 Å². The van der Waals surface area contributed by atoms with Crippen LogP contribution in [-0.4, -0.2) is 15.8 Å². The molecule has 0 saturated carbocycles. The van der Waals surface area contributed by atoms with Crippen LogP contribution < -0.4 is 0 Å². The van der Waals surface area contributed by atoms with Gasteiger partial charge in [0.05, 0.1) is 12.0 Å². The Kier molecular flexibility index (Phi) is 3.33. The first kappa shape index (κ1) is 12.6. The Morgan fingerprint density at radius 2 is 1.95 bits per heavy atom. The third-order valence-corrected chi connectivity index (χ3v) is 3.59. The second kappa shape index (κ2) is 5.29. The number of aromatic amines is 1. The number of aromatic nitrogens is 2. The number of aryl methyl sites for hydroxylation is 2. The highest BCUT2D eigenvalue weighted by molar-refractivity contribution is 6.00. The molecule has 0 radical (unpaired) electrons. The summed E-state index contributed by atoms with van der Waals surface area (Å²) in [6, 6.07) is 14.0. The van der Waals surface area contributed by atoms with Crippen LogP contribution in [0, 0.1) is 6.92 Å². The number of carbonyl (C=O) groups is 1. The summed E-state index contributed by atoms with van der Waals surface area (Å²) in [7, 11) is 0. The molecular weight excluding hydrogens is 248 g/mol. The molecule has 1 heterocycles. The lowest BCUT2D eigenvalue weighted by atomic mass is 10.0. The van der Waals surface area contributed by atoms with Crippen LogP contribution in [0.25, 0.3) is 10.8 Å². The van der Waals surface area contributed by atoms with Crippen molar-refractivity contribution in [3.63, 3.8) is 0 Å². The summed E-state index contributed by atoms with van der Waals surface area (Å²) in [6.07, 6.45) is 2.84. The number of nitrogens with zero attached hydrogens (tertiary/aromatic N) is 1. The standard InChI is InChI=1S/C17H16N2O/c1-12-16(19-11-18-12)8-9-17(20)15-7-6-13-4-2-3-5-14(13)10-15/h2-7,10-11H,8-9H2,1H3,(H,18,19). The molecule has 0 aliphatic carbocycles. The number of carbonyl (C=O) groups excluding carboxylic acids is 1. The summed E-state index contributed by atoms with van der Waals surface area (Å²) in [5.74, 6) is 0.165. The molecule has 1 N–H and O–H groups in total. The quantitative estimate of drug-likeness (QED) is 0.730. The average molecular weight is 264 g/mol. The topological polar surface area (TPSA) is 45.8 Å². The highest BCUT2D eigenvalue weighted by atomic mass is 16.1. The predicted molar refractivity (Wildman–Crippen MR) is 79.9 cm³/mol. The Labute approximate surface area is 117 Å². The van der Waals surface area contributed by atoms with E-state index in [1.165, 1.54) is 0 Å². The highest BCUT2D eigenvalue weighted by Gasteiger charge is 2.09. The van der Waals surface area contributed by atoms with Gasteiger partial charge in [0.2, 0.25) is 0 Å². The van der Waals surface area contributed by atoms with Gasteiger partial charge >= 0.3 is 0 Å². The maximum absolute atomic E-state index is 12.3. The fraction of sp³-hybridized carbons (Fsp3) is 0.176. The zero-order valence-corrected chi connectivity index (χ0v) is 11.4. The first-order chi connectivity index (χ1) is 9.74. The largest absolute Gasteiger partial charge is 0.348 e. The molecule has 3 nitrogen and oxygen atoms in total. The zero-order chi connectivity index (χ0) is 13.9. The molecule has 0 aliphatic heterocycles. The molecule has 0 unspecified atom stereocenters. The number of nitrogens with one attached hydrogen (secondary N) is 1.